The van der Waals surface area contributed by atoms with Crippen molar-refractivity contribution in [2.45, 2.75) is 13.5 Å². The number of hydrogen-bond acceptors (Lipinski definition) is 4. The summed E-state index contributed by atoms with van der Waals surface area (Å²) < 4.78 is 28.4. The van der Waals surface area contributed by atoms with Crippen molar-refractivity contribution in [1.29, 1.82) is 0 Å². The predicted molar refractivity (Wildman–Crippen MR) is 70.6 cm³/mol. The average Bonchev–Trinajstić information content (AvgIpc) is 2.86. The highest BCUT2D eigenvalue weighted by molar-refractivity contribution is 5.85. The quantitative estimate of drug-likeness (QED) is 0.798. The fourth-order valence-electron chi connectivity index (χ4n) is 1.92. The van der Waals surface area contributed by atoms with Crippen molar-refractivity contribution in [3.63, 3.8) is 0 Å². The van der Waals surface area contributed by atoms with Crippen LogP contribution in [-0.2, 0) is 6.54 Å². The molecule has 2 aromatic heterocycles. The molecule has 0 spiro atoms. The lowest BCUT2D eigenvalue weighted by molar-refractivity contribution is 0.586. The van der Waals surface area contributed by atoms with Gasteiger partial charge in [0, 0.05) is 12.6 Å². The summed E-state index contributed by atoms with van der Waals surface area (Å²) in [6.45, 7) is 2.69. The molecular weight excluding hydrogens is 264 g/mol. The molecule has 20 heavy (non-hydrogen) atoms. The van der Waals surface area contributed by atoms with E-state index in [9.17, 15) is 8.78 Å². The molecule has 3 rings (SSSR count). The minimum absolute atomic E-state index is 0.137. The molecule has 5 nitrogen and oxygen atoms in total. The Kier molecular flexibility index (Phi) is 3.02. The van der Waals surface area contributed by atoms with Gasteiger partial charge < -0.3 is 9.88 Å². The van der Waals surface area contributed by atoms with Gasteiger partial charge in [-0.25, -0.2) is 23.7 Å². The van der Waals surface area contributed by atoms with Crippen LogP contribution in [0.3, 0.4) is 0 Å². The minimum Gasteiger partial charge on any atom is -0.336 e. The first-order valence-corrected chi connectivity index (χ1v) is 6.07. The number of anilines is 2. The largest absolute Gasteiger partial charge is 0.336 e. The average molecular weight is 275 g/mol. The van der Waals surface area contributed by atoms with Crippen LogP contribution < -0.4 is 5.32 Å². The summed E-state index contributed by atoms with van der Waals surface area (Å²) in [5, 5.41) is 2.81. The second-order valence-corrected chi connectivity index (χ2v) is 4.17. The normalized spacial score (nSPS) is 10.9. The Bertz CT molecular complexity index is 769. The monoisotopic (exact) mass is 275 g/mol. The number of halogens is 2. The maximum absolute atomic E-state index is 13.6. The van der Waals surface area contributed by atoms with E-state index in [0.717, 1.165) is 12.6 Å². The second kappa shape index (κ2) is 4.84. The third-order valence-electron chi connectivity index (χ3n) is 2.93. The van der Waals surface area contributed by atoms with Gasteiger partial charge in [0.1, 0.15) is 18.0 Å². The van der Waals surface area contributed by atoms with Crippen molar-refractivity contribution >= 4 is 22.7 Å². The molecule has 0 radical (unpaired) electrons. The first kappa shape index (κ1) is 12.5. The van der Waals surface area contributed by atoms with Crippen LogP contribution in [0.25, 0.3) is 11.2 Å². The van der Waals surface area contributed by atoms with Crippen molar-refractivity contribution in [2.24, 2.45) is 0 Å². The maximum Gasteiger partial charge on any atom is 0.165 e. The number of aryl methyl sites for hydroxylation is 1. The smallest absolute Gasteiger partial charge is 0.165 e. The van der Waals surface area contributed by atoms with Crippen LogP contribution >= 0.6 is 0 Å². The molecule has 0 aliphatic heterocycles. The van der Waals surface area contributed by atoms with Gasteiger partial charge >= 0.3 is 0 Å². The van der Waals surface area contributed by atoms with Crippen LogP contribution in [0.1, 0.15) is 6.92 Å². The van der Waals surface area contributed by atoms with Gasteiger partial charge in [0.25, 0.3) is 0 Å². The Balaban J connectivity index is 2.04. The SMILES string of the molecule is CCn1cnc2c(Nc3ccc(F)cc3F)ncnc21. The van der Waals surface area contributed by atoms with E-state index in [2.05, 4.69) is 20.3 Å². The Morgan fingerprint density at radius 3 is 2.80 bits per heavy atom. The van der Waals surface area contributed by atoms with Crippen molar-refractivity contribution in [3.8, 4) is 0 Å². The van der Waals surface area contributed by atoms with Crippen LogP contribution in [0.15, 0.2) is 30.9 Å². The summed E-state index contributed by atoms with van der Waals surface area (Å²) in [5.74, 6) is -0.935. The fraction of sp³-hybridized carbons (Fsp3) is 0.154. The van der Waals surface area contributed by atoms with Crippen LogP contribution in [0.5, 0.6) is 0 Å². The van der Waals surface area contributed by atoms with Gasteiger partial charge in [-0.2, -0.15) is 0 Å². The molecule has 102 valence electrons. The van der Waals surface area contributed by atoms with E-state index in [0.29, 0.717) is 17.0 Å². The molecule has 2 heterocycles. The number of nitrogens with one attached hydrogen (secondary N) is 1. The lowest BCUT2D eigenvalue weighted by Gasteiger charge is -2.07. The Labute approximate surface area is 113 Å². The van der Waals surface area contributed by atoms with Crippen LogP contribution in [0.4, 0.5) is 20.3 Å². The highest BCUT2D eigenvalue weighted by Crippen LogP contribution is 2.23. The van der Waals surface area contributed by atoms with Crippen LogP contribution in [0.2, 0.25) is 0 Å². The van der Waals surface area contributed by atoms with E-state index in [1.165, 1.54) is 18.5 Å². The summed E-state index contributed by atoms with van der Waals surface area (Å²) in [5.41, 5.74) is 1.34. The molecule has 0 atom stereocenters. The van der Waals surface area contributed by atoms with E-state index < -0.39 is 11.6 Å². The van der Waals surface area contributed by atoms with Crippen molar-refractivity contribution in [3.05, 3.63) is 42.5 Å². The summed E-state index contributed by atoms with van der Waals surface area (Å²) in [6, 6.07) is 3.30. The van der Waals surface area contributed by atoms with E-state index in [-0.39, 0.29) is 5.69 Å². The zero-order chi connectivity index (χ0) is 14.1. The zero-order valence-corrected chi connectivity index (χ0v) is 10.6. The van der Waals surface area contributed by atoms with Gasteiger partial charge in [-0.05, 0) is 19.1 Å². The zero-order valence-electron chi connectivity index (χ0n) is 10.6. The highest BCUT2D eigenvalue weighted by atomic mass is 19.1. The molecule has 0 saturated carbocycles. The minimum atomic E-state index is -0.688. The van der Waals surface area contributed by atoms with Crippen molar-refractivity contribution in [1.82, 2.24) is 19.5 Å². The third-order valence-corrected chi connectivity index (χ3v) is 2.93. The highest BCUT2D eigenvalue weighted by Gasteiger charge is 2.11. The topological polar surface area (TPSA) is 55.6 Å². The lowest BCUT2D eigenvalue weighted by atomic mass is 10.3. The maximum atomic E-state index is 13.6. The van der Waals surface area contributed by atoms with E-state index in [4.69, 9.17) is 0 Å². The number of hydrogen-bond donors (Lipinski definition) is 1. The van der Waals surface area contributed by atoms with Crippen LogP contribution in [0, 0.1) is 11.6 Å². The molecule has 0 bridgehead atoms. The van der Waals surface area contributed by atoms with Gasteiger partial charge in [0.15, 0.2) is 17.0 Å². The number of rotatable bonds is 3. The second-order valence-electron chi connectivity index (χ2n) is 4.17. The molecule has 0 aliphatic carbocycles. The Morgan fingerprint density at radius 1 is 1.20 bits per heavy atom. The lowest BCUT2D eigenvalue weighted by Crippen LogP contribution is -2.00. The number of fused-ring (bicyclic) bond motifs is 1. The first-order chi connectivity index (χ1) is 9.69. The summed E-state index contributed by atoms with van der Waals surface area (Å²) in [7, 11) is 0. The Morgan fingerprint density at radius 2 is 2.05 bits per heavy atom. The molecule has 7 heteroatoms. The van der Waals surface area contributed by atoms with Gasteiger partial charge in [-0.1, -0.05) is 0 Å². The molecule has 0 aliphatic rings. The van der Waals surface area contributed by atoms with E-state index >= 15 is 0 Å². The molecule has 1 aromatic carbocycles. The van der Waals surface area contributed by atoms with Crippen LogP contribution in [-0.4, -0.2) is 19.5 Å². The van der Waals surface area contributed by atoms with E-state index in [1.807, 2.05) is 11.5 Å². The standard InChI is InChI=1S/C13H11F2N5/c1-2-20-7-18-11-12(16-6-17-13(11)20)19-10-4-3-8(14)5-9(10)15/h3-7H,2H2,1H3,(H,16,17,19). The summed E-state index contributed by atoms with van der Waals surface area (Å²) in [6.07, 6.45) is 3.02. The summed E-state index contributed by atoms with van der Waals surface area (Å²) >= 11 is 0. The van der Waals surface area contributed by atoms with Gasteiger partial charge in [-0.15, -0.1) is 0 Å². The number of nitrogens with zero attached hydrogens (tertiary/aromatic N) is 4. The Hall–Kier alpha value is -2.57. The molecule has 0 amide bonds. The molecule has 0 fully saturated rings. The number of aromatic nitrogens is 4. The number of benzene rings is 1. The van der Waals surface area contributed by atoms with E-state index in [1.54, 1.807) is 6.33 Å². The predicted octanol–water partition coefficient (Wildman–Crippen LogP) is 2.87. The van der Waals surface area contributed by atoms with Crippen molar-refractivity contribution in [2.75, 3.05) is 5.32 Å². The molecular formula is C13H11F2N5. The summed E-state index contributed by atoms with van der Waals surface area (Å²) in [4.78, 5) is 12.4. The number of imidazole rings is 1. The van der Waals surface area contributed by atoms with Gasteiger partial charge in [0.05, 0.1) is 12.0 Å². The fourth-order valence-corrected chi connectivity index (χ4v) is 1.92. The molecule has 1 N–H and O–H groups in total. The van der Waals surface area contributed by atoms with Crippen molar-refractivity contribution < 1.29 is 8.78 Å². The third kappa shape index (κ3) is 2.07. The molecule has 3 aromatic rings. The molecule has 0 unspecified atom stereocenters. The van der Waals surface area contributed by atoms with Gasteiger partial charge in [-0.3, -0.25) is 0 Å². The first-order valence-electron chi connectivity index (χ1n) is 6.07. The van der Waals surface area contributed by atoms with Gasteiger partial charge in [0.2, 0.25) is 0 Å². The molecule has 0 saturated heterocycles.